The van der Waals surface area contributed by atoms with E-state index in [1.54, 1.807) is 0 Å². The molecule has 2 atom stereocenters. The molecule has 0 fully saturated rings. The molecule has 11 nitrogen and oxygen atoms in total. The molecule has 0 bridgehead atoms. The Balaban J connectivity index is 4.65. The van der Waals surface area contributed by atoms with Gasteiger partial charge in [-0.15, -0.1) is 0 Å². The molecular formula is C53H99NO10. The predicted octanol–water partition coefficient (Wildman–Crippen LogP) is 13.4. The first kappa shape index (κ1) is 61.3. The number of hydrogen-bond acceptors (Lipinski definition) is 11. The number of nitrogens with zero attached hydrogens (tertiary/aromatic N) is 1. The van der Waals surface area contributed by atoms with Gasteiger partial charge in [-0.05, 0) is 97.2 Å². The van der Waals surface area contributed by atoms with E-state index in [1.807, 2.05) is 19.0 Å². The van der Waals surface area contributed by atoms with Crippen LogP contribution in [-0.2, 0) is 47.7 Å². The lowest BCUT2D eigenvalue weighted by atomic mass is 9.96. The summed E-state index contributed by atoms with van der Waals surface area (Å²) in [5.74, 6) is -1.15. The SMILES string of the molecule is CCCCCCCCC(CCCCCCCC)OC(=O)CCCCC(=O)OCC(COC(=O)CCCCCCCC(=O)OCC(CCCC)CCCCCC)OC(=O)CCCN(C)C. The van der Waals surface area contributed by atoms with Crippen molar-refractivity contribution in [2.24, 2.45) is 5.92 Å². The maximum absolute atomic E-state index is 12.8. The van der Waals surface area contributed by atoms with Crippen molar-refractivity contribution in [3.63, 3.8) is 0 Å². The van der Waals surface area contributed by atoms with Gasteiger partial charge in [0.25, 0.3) is 0 Å². The number of carbonyl (C=O) groups excluding carboxylic acids is 5. The third kappa shape index (κ3) is 42.0. The summed E-state index contributed by atoms with van der Waals surface area (Å²) in [7, 11) is 3.86. The number of esters is 5. The highest BCUT2D eigenvalue weighted by atomic mass is 16.6. The average molecular weight is 910 g/mol. The van der Waals surface area contributed by atoms with Crippen molar-refractivity contribution in [1.82, 2.24) is 4.90 Å². The van der Waals surface area contributed by atoms with Gasteiger partial charge in [0.15, 0.2) is 6.10 Å². The van der Waals surface area contributed by atoms with E-state index in [4.69, 9.17) is 23.7 Å². The van der Waals surface area contributed by atoms with E-state index in [9.17, 15) is 24.0 Å². The molecule has 0 aliphatic heterocycles. The molecule has 0 rings (SSSR count). The molecule has 0 aliphatic rings. The molecule has 0 spiro atoms. The molecule has 64 heavy (non-hydrogen) atoms. The molecule has 0 amide bonds. The third-order valence-corrected chi connectivity index (χ3v) is 11.9. The Kier molecular flexibility index (Phi) is 43.6. The molecule has 0 heterocycles. The van der Waals surface area contributed by atoms with Gasteiger partial charge in [0.2, 0.25) is 0 Å². The predicted molar refractivity (Wildman–Crippen MR) is 259 cm³/mol. The highest BCUT2D eigenvalue weighted by molar-refractivity contribution is 5.72. The standard InChI is InChI=1S/C53H99NO10/c1-7-11-15-18-21-26-35-47(36-27-22-19-16-12-8-2)63-52(58)40-31-30-39-51(57)62-45-48(64-53(59)41-32-42-54(5)6)44-61-50(56)38-29-24-20-23-28-37-49(55)60-43-46(33-14-10-4)34-25-17-13-9-3/h46-48H,7-45H2,1-6H3. The van der Waals surface area contributed by atoms with Crippen LogP contribution in [0.1, 0.15) is 252 Å². The fraction of sp³-hybridized carbons (Fsp3) is 0.906. The first-order chi connectivity index (χ1) is 31.0. The van der Waals surface area contributed by atoms with E-state index in [2.05, 4.69) is 27.7 Å². The molecule has 0 saturated heterocycles. The number of carbonyl (C=O) groups is 5. The van der Waals surface area contributed by atoms with Crippen LogP contribution in [0.25, 0.3) is 0 Å². The molecule has 2 unspecified atom stereocenters. The topological polar surface area (TPSA) is 135 Å². The second-order valence-corrected chi connectivity index (χ2v) is 18.6. The summed E-state index contributed by atoms with van der Waals surface area (Å²) in [5, 5.41) is 0. The van der Waals surface area contributed by atoms with Crippen LogP contribution in [0.4, 0.5) is 0 Å². The van der Waals surface area contributed by atoms with Crippen molar-refractivity contribution in [2.45, 2.75) is 265 Å². The Bertz CT molecular complexity index is 1110. The number of rotatable bonds is 47. The molecule has 11 heteroatoms. The van der Waals surface area contributed by atoms with Crippen molar-refractivity contribution in [2.75, 3.05) is 40.5 Å². The minimum Gasteiger partial charge on any atom is -0.465 e. The van der Waals surface area contributed by atoms with Gasteiger partial charge in [-0.25, -0.2) is 0 Å². The largest absolute Gasteiger partial charge is 0.465 e. The number of ether oxygens (including phenoxy) is 5. The van der Waals surface area contributed by atoms with E-state index in [0.29, 0.717) is 44.6 Å². The molecule has 0 aliphatic carbocycles. The molecule has 0 radical (unpaired) electrons. The summed E-state index contributed by atoms with van der Waals surface area (Å²) in [5.41, 5.74) is 0. The second-order valence-electron chi connectivity index (χ2n) is 18.6. The van der Waals surface area contributed by atoms with Crippen LogP contribution in [0, 0.1) is 5.92 Å². The van der Waals surface area contributed by atoms with Crippen molar-refractivity contribution in [3.05, 3.63) is 0 Å². The van der Waals surface area contributed by atoms with Crippen LogP contribution in [-0.4, -0.2) is 87.4 Å². The smallest absolute Gasteiger partial charge is 0.306 e. The quantitative estimate of drug-likeness (QED) is 0.0328. The summed E-state index contributed by atoms with van der Waals surface area (Å²) in [6, 6.07) is 0. The van der Waals surface area contributed by atoms with Gasteiger partial charge in [-0.1, -0.05) is 150 Å². The van der Waals surface area contributed by atoms with E-state index >= 15 is 0 Å². The fourth-order valence-electron chi connectivity index (χ4n) is 7.78. The first-order valence-corrected chi connectivity index (χ1v) is 26.5. The Morgan fingerprint density at radius 2 is 0.672 bits per heavy atom. The van der Waals surface area contributed by atoms with Crippen LogP contribution in [0.3, 0.4) is 0 Å². The first-order valence-electron chi connectivity index (χ1n) is 26.5. The fourth-order valence-corrected chi connectivity index (χ4v) is 7.78. The van der Waals surface area contributed by atoms with Crippen LogP contribution in [0.15, 0.2) is 0 Å². The van der Waals surface area contributed by atoms with Crippen molar-refractivity contribution >= 4 is 29.8 Å². The van der Waals surface area contributed by atoms with E-state index < -0.39 is 24.0 Å². The van der Waals surface area contributed by atoms with Gasteiger partial charge in [0.1, 0.15) is 19.3 Å². The zero-order valence-corrected chi connectivity index (χ0v) is 42.3. The normalized spacial score (nSPS) is 12.3. The van der Waals surface area contributed by atoms with E-state index in [1.165, 1.54) is 96.3 Å². The number of hydrogen-bond donors (Lipinski definition) is 0. The minimum atomic E-state index is -0.910. The summed E-state index contributed by atoms with van der Waals surface area (Å²) >= 11 is 0. The third-order valence-electron chi connectivity index (χ3n) is 11.9. The zero-order valence-electron chi connectivity index (χ0n) is 42.3. The van der Waals surface area contributed by atoms with Crippen LogP contribution in [0.5, 0.6) is 0 Å². The summed E-state index contributed by atoms with van der Waals surface area (Å²) in [6.07, 6.45) is 31.8. The maximum Gasteiger partial charge on any atom is 0.306 e. The van der Waals surface area contributed by atoms with Gasteiger partial charge in [0.05, 0.1) is 6.61 Å². The van der Waals surface area contributed by atoms with Crippen LogP contribution < -0.4 is 0 Å². The van der Waals surface area contributed by atoms with Crippen molar-refractivity contribution < 1.29 is 47.7 Å². The highest BCUT2D eigenvalue weighted by Gasteiger charge is 2.20. The summed E-state index contributed by atoms with van der Waals surface area (Å²) < 4.78 is 28.1. The lowest BCUT2D eigenvalue weighted by molar-refractivity contribution is -0.167. The van der Waals surface area contributed by atoms with Gasteiger partial charge < -0.3 is 28.6 Å². The molecule has 0 aromatic rings. The van der Waals surface area contributed by atoms with Crippen molar-refractivity contribution in [3.8, 4) is 0 Å². The molecule has 0 aromatic heterocycles. The van der Waals surface area contributed by atoms with Gasteiger partial charge in [0, 0.05) is 32.1 Å². The lowest BCUT2D eigenvalue weighted by Crippen LogP contribution is -2.31. The summed E-state index contributed by atoms with van der Waals surface area (Å²) in [6.45, 7) is 9.70. The summed E-state index contributed by atoms with van der Waals surface area (Å²) in [4.78, 5) is 65.1. The maximum atomic E-state index is 12.8. The lowest BCUT2D eigenvalue weighted by Gasteiger charge is -2.19. The number of unbranched alkanes of at least 4 members (excludes halogenated alkanes) is 19. The van der Waals surface area contributed by atoms with Crippen LogP contribution >= 0.6 is 0 Å². The van der Waals surface area contributed by atoms with E-state index in [-0.39, 0.29) is 56.9 Å². The van der Waals surface area contributed by atoms with Crippen LogP contribution in [0.2, 0.25) is 0 Å². The molecule has 0 N–H and O–H groups in total. The molecule has 376 valence electrons. The van der Waals surface area contributed by atoms with Gasteiger partial charge >= 0.3 is 29.8 Å². The average Bonchev–Trinajstić information content (AvgIpc) is 3.27. The highest BCUT2D eigenvalue weighted by Crippen LogP contribution is 2.20. The second kappa shape index (κ2) is 45.5. The molecule has 0 saturated carbocycles. The Morgan fingerprint density at radius 1 is 0.344 bits per heavy atom. The Morgan fingerprint density at radius 3 is 1.14 bits per heavy atom. The molecule has 0 aromatic carbocycles. The van der Waals surface area contributed by atoms with Crippen molar-refractivity contribution in [1.29, 1.82) is 0 Å². The molecular weight excluding hydrogens is 811 g/mol. The van der Waals surface area contributed by atoms with Gasteiger partial charge in [-0.2, -0.15) is 0 Å². The zero-order chi connectivity index (χ0) is 47.3. The van der Waals surface area contributed by atoms with E-state index in [0.717, 1.165) is 77.2 Å². The minimum absolute atomic E-state index is 0.0387. The van der Waals surface area contributed by atoms with Gasteiger partial charge in [-0.3, -0.25) is 24.0 Å². The Labute approximate surface area is 392 Å². The monoisotopic (exact) mass is 910 g/mol. The Hall–Kier alpha value is -2.69.